The molecule has 3 N–H and O–H groups in total. The molecule has 0 unspecified atom stereocenters. The first kappa shape index (κ1) is 33.1. The third-order valence-corrected chi connectivity index (χ3v) is 8.37. The van der Waals surface area contributed by atoms with Gasteiger partial charge in [-0.05, 0) is 44.0 Å². The van der Waals surface area contributed by atoms with E-state index in [9.17, 15) is 9.59 Å². The second kappa shape index (κ2) is 17.5. The van der Waals surface area contributed by atoms with E-state index in [1.54, 1.807) is 23.5 Å². The van der Waals surface area contributed by atoms with Crippen LogP contribution in [0.25, 0.3) is 11.3 Å². The van der Waals surface area contributed by atoms with Crippen LogP contribution in [0.3, 0.4) is 0 Å². The number of aliphatic hydroxyl groups is 1. The molecule has 0 spiro atoms. The summed E-state index contributed by atoms with van der Waals surface area (Å²) in [5.74, 6) is 0.777. The zero-order valence-electron chi connectivity index (χ0n) is 24.3. The number of hydrogen-bond donors (Lipinski definition) is 3. The smallest absolute Gasteiger partial charge is 0.252 e. The summed E-state index contributed by atoms with van der Waals surface area (Å²) in [6, 6.07) is 7.41. The van der Waals surface area contributed by atoms with Gasteiger partial charge in [-0.2, -0.15) is 11.8 Å². The Balaban J connectivity index is 0.000000815. The number of aromatic nitrogens is 1. The van der Waals surface area contributed by atoms with Gasteiger partial charge in [-0.15, -0.1) is 11.3 Å². The number of anilines is 1. The predicted octanol–water partition coefficient (Wildman–Crippen LogP) is 4.50. The van der Waals surface area contributed by atoms with Crippen LogP contribution in [0.1, 0.15) is 63.2 Å². The first-order valence-corrected chi connectivity index (χ1v) is 16.4. The molecule has 2 amide bonds. The van der Waals surface area contributed by atoms with Crippen molar-refractivity contribution in [1.82, 2.24) is 20.5 Å². The first-order chi connectivity index (χ1) is 18.9. The van der Waals surface area contributed by atoms with Gasteiger partial charge >= 0.3 is 0 Å². The minimum absolute atomic E-state index is 0.121. The van der Waals surface area contributed by atoms with Crippen molar-refractivity contribution in [2.45, 2.75) is 58.4 Å². The Labute approximate surface area is 243 Å². The lowest BCUT2D eigenvalue weighted by molar-refractivity contribution is -0.128. The molecular weight excluding hydrogens is 530 g/mol. The van der Waals surface area contributed by atoms with Crippen LogP contribution in [0.15, 0.2) is 29.6 Å². The number of hydrogen-bond acceptors (Lipinski definition) is 8. The molecule has 0 bridgehead atoms. The maximum atomic E-state index is 13.0. The van der Waals surface area contributed by atoms with Crippen molar-refractivity contribution in [3.63, 3.8) is 0 Å². The van der Waals surface area contributed by atoms with Crippen LogP contribution in [0, 0.1) is 0 Å². The molecule has 4 rings (SSSR count). The molecule has 39 heavy (non-hydrogen) atoms. The lowest BCUT2D eigenvalue weighted by atomic mass is 9.80. The second-order valence-electron chi connectivity index (χ2n) is 9.54. The number of thioether (sulfide) groups is 1. The van der Waals surface area contributed by atoms with Crippen molar-refractivity contribution < 1.29 is 14.7 Å². The third-order valence-electron chi connectivity index (χ3n) is 6.89. The van der Waals surface area contributed by atoms with Crippen molar-refractivity contribution in [2.75, 3.05) is 63.3 Å². The summed E-state index contributed by atoms with van der Waals surface area (Å²) in [4.78, 5) is 35.3. The van der Waals surface area contributed by atoms with Gasteiger partial charge in [0, 0.05) is 49.2 Å². The van der Waals surface area contributed by atoms with E-state index in [2.05, 4.69) is 46.0 Å². The molecule has 1 aliphatic carbocycles. The monoisotopic (exact) mass is 577 g/mol. The Morgan fingerprint density at radius 2 is 1.69 bits per heavy atom. The lowest BCUT2D eigenvalue weighted by Crippen LogP contribution is -2.60. The number of thiazole rings is 1. The highest BCUT2D eigenvalue weighted by Gasteiger charge is 2.40. The quantitative estimate of drug-likeness (QED) is 0.425. The zero-order chi connectivity index (χ0) is 28.7. The summed E-state index contributed by atoms with van der Waals surface area (Å²) in [5, 5.41) is 17.9. The van der Waals surface area contributed by atoms with E-state index in [1.165, 1.54) is 5.75 Å². The number of carbonyl (C=O) groups is 2. The summed E-state index contributed by atoms with van der Waals surface area (Å²) in [7, 11) is 2.14. The van der Waals surface area contributed by atoms with Crippen molar-refractivity contribution in [2.24, 2.45) is 0 Å². The molecule has 218 valence electrons. The fourth-order valence-electron chi connectivity index (χ4n) is 4.52. The van der Waals surface area contributed by atoms with Gasteiger partial charge in [0.15, 0.2) is 5.13 Å². The number of nitrogens with zero attached hydrogens (tertiary/aromatic N) is 3. The van der Waals surface area contributed by atoms with Crippen LogP contribution in [-0.2, 0) is 4.79 Å². The van der Waals surface area contributed by atoms with Crippen molar-refractivity contribution >= 4 is 40.0 Å². The van der Waals surface area contributed by atoms with Crippen LogP contribution in [0.5, 0.6) is 0 Å². The summed E-state index contributed by atoms with van der Waals surface area (Å²) >= 11 is 3.51. The molecule has 2 aromatic rings. The average molecular weight is 578 g/mol. The summed E-state index contributed by atoms with van der Waals surface area (Å²) in [6.45, 7) is 10.3. The van der Waals surface area contributed by atoms with E-state index in [4.69, 9.17) is 10.1 Å². The molecule has 1 saturated heterocycles. The Hall–Kier alpha value is -2.14. The lowest BCUT2D eigenvalue weighted by Gasteiger charge is -2.36. The van der Waals surface area contributed by atoms with Gasteiger partial charge in [0.2, 0.25) is 5.91 Å². The second-order valence-corrected chi connectivity index (χ2v) is 11.5. The summed E-state index contributed by atoms with van der Waals surface area (Å²) < 4.78 is 0. The largest absolute Gasteiger partial charge is 0.395 e. The van der Waals surface area contributed by atoms with E-state index in [0.29, 0.717) is 18.4 Å². The molecule has 2 aliphatic rings. The van der Waals surface area contributed by atoms with Crippen LogP contribution in [0.2, 0.25) is 0 Å². The number of likely N-dealkylation sites (N-methyl/N-ethyl adjacent to an activating group) is 1. The first-order valence-electron chi connectivity index (χ1n) is 14.1. The maximum Gasteiger partial charge on any atom is 0.252 e. The number of carbonyl (C=O) groups excluding carboxylic acids is 2. The number of benzene rings is 1. The van der Waals surface area contributed by atoms with Crippen LogP contribution < -0.4 is 15.5 Å². The van der Waals surface area contributed by atoms with E-state index >= 15 is 0 Å². The zero-order valence-corrected chi connectivity index (χ0v) is 25.9. The minimum Gasteiger partial charge on any atom is -0.395 e. The molecule has 0 atom stereocenters. The van der Waals surface area contributed by atoms with Crippen LogP contribution in [0.4, 0.5) is 5.13 Å². The fraction of sp³-hybridized carbons (Fsp3) is 0.621. The molecular formula is C29H47N5O3S2. The van der Waals surface area contributed by atoms with Crippen molar-refractivity contribution in [3.05, 3.63) is 35.2 Å². The van der Waals surface area contributed by atoms with Crippen molar-refractivity contribution in [1.29, 1.82) is 0 Å². The van der Waals surface area contributed by atoms with Gasteiger partial charge in [-0.1, -0.05) is 52.2 Å². The van der Waals surface area contributed by atoms with E-state index < -0.39 is 5.54 Å². The van der Waals surface area contributed by atoms with E-state index in [0.717, 1.165) is 61.8 Å². The van der Waals surface area contributed by atoms with Gasteiger partial charge in [-0.3, -0.25) is 9.59 Å². The molecule has 10 heteroatoms. The highest BCUT2D eigenvalue weighted by atomic mass is 32.2. The molecule has 8 nitrogen and oxygen atoms in total. The molecule has 1 aromatic heterocycles. The van der Waals surface area contributed by atoms with Gasteiger partial charge < -0.3 is 25.5 Å². The van der Waals surface area contributed by atoms with Crippen LogP contribution in [-0.4, -0.2) is 90.7 Å². The molecule has 1 saturated carbocycles. The third kappa shape index (κ3) is 9.77. The molecule has 2 heterocycles. The molecule has 1 aromatic carbocycles. The van der Waals surface area contributed by atoms with E-state index in [-0.39, 0.29) is 25.0 Å². The normalized spacial score (nSPS) is 16.7. The topological polar surface area (TPSA) is 97.8 Å². The van der Waals surface area contributed by atoms with Gasteiger partial charge in [0.1, 0.15) is 5.54 Å². The number of amides is 2. The Morgan fingerprint density at radius 1 is 1.08 bits per heavy atom. The maximum absolute atomic E-state index is 13.0. The molecule has 1 aliphatic heterocycles. The van der Waals surface area contributed by atoms with Gasteiger partial charge in [0.25, 0.3) is 5.91 Å². The Morgan fingerprint density at radius 3 is 2.26 bits per heavy atom. The highest BCUT2D eigenvalue weighted by Crippen LogP contribution is 2.30. The van der Waals surface area contributed by atoms with Gasteiger partial charge in [-0.25, -0.2) is 4.98 Å². The fourth-order valence-corrected chi connectivity index (χ4v) is 5.41. The van der Waals surface area contributed by atoms with Gasteiger partial charge in [0.05, 0.1) is 12.3 Å². The average Bonchev–Trinajstić information content (AvgIpc) is 3.48. The summed E-state index contributed by atoms with van der Waals surface area (Å²) in [6.07, 6.45) is 6.17. The number of aliphatic hydroxyl groups excluding tert-OH is 1. The standard InChI is InChI=1S/C24H33N5O3S.C3H8S.C2H6/c1-28-12-14-29(15-13-28)23-26-20(17-33-23)18-5-7-19(8-6-18)21(31)27-24(9-3-2-4-10-24)22(32)25-11-16-30;1-3-4-2;1-2/h5-8,17,30H,2-4,9-16H2,1H3,(H,25,32)(H,27,31);3H2,1-2H3;1-2H3. The number of rotatable bonds is 8. The number of piperazine rings is 1. The van der Waals surface area contributed by atoms with Crippen molar-refractivity contribution in [3.8, 4) is 11.3 Å². The Kier molecular flexibility index (Phi) is 14.9. The predicted molar refractivity (Wildman–Crippen MR) is 166 cm³/mol. The van der Waals surface area contributed by atoms with E-state index in [1.807, 2.05) is 37.7 Å². The van der Waals surface area contributed by atoms with Crippen LogP contribution >= 0.6 is 23.1 Å². The highest BCUT2D eigenvalue weighted by molar-refractivity contribution is 7.98. The minimum atomic E-state index is -0.907. The molecule has 0 radical (unpaired) electrons. The SMILES string of the molecule is CC.CCSC.CN1CCN(c2nc(-c3ccc(C(=O)NC4(C(=O)NCCO)CCCCC4)cc3)cs2)CC1. The summed E-state index contributed by atoms with van der Waals surface area (Å²) in [5.41, 5.74) is 1.49. The Bertz CT molecular complexity index is 983. The molecule has 2 fully saturated rings. The number of nitrogens with one attached hydrogen (secondary N) is 2.